The number of halogens is 1. The van der Waals surface area contributed by atoms with Crippen molar-refractivity contribution in [2.24, 2.45) is 13.0 Å². The molecule has 0 saturated heterocycles. The summed E-state index contributed by atoms with van der Waals surface area (Å²) in [5, 5.41) is 7.47. The molecule has 1 atom stereocenters. The molecule has 0 spiro atoms. The minimum absolute atomic E-state index is 0.126. The van der Waals surface area contributed by atoms with Crippen molar-refractivity contribution in [3.8, 4) is 0 Å². The van der Waals surface area contributed by atoms with Crippen LogP contribution in [0.5, 0.6) is 0 Å². The molecule has 4 nitrogen and oxygen atoms in total. The van der Waals surface area contributed by atoms with Crippen LogP contribution < -0.4 is 10.9 Å². The van der Waals surface area contributed by atoms with Gasteiger partial charge in [0.2, 0.25) is 0 Å². The van der Waals surface area contributed by atoms with Gasteiger partial charge in [-0.3, -0.25) is 4.79 Å². The lowest BCUT2D eigenvalue weighted by molar-refractivity contribution is 0.545. The lowest BCUT2D eigenvalue weighted by Crippen LogP contribution is -2.24. The van der Waals surface area contributed by atoms with E-state index in [-0.39, 0.29) is 11.6 Å². The average Bonchev–Trinajstić information content (AvgIpc) is 2.45. The molecule has 1 unspecified atom stereocenters. The van der Waals surface area contributed by atoms with Crippen LogP contribution in [0.25, 0.3) is 0 Å². The normalized spacial score (nSPS) is 12.4. The van der Waals surface area contributed by atoms with E-state index in [9.17, 15) is 4.79 Å². The Kier molecular flexibility index (Phi) is 4.60. The molecular weight excluding hydrogens is 318 g/mol. The zero-order valence-electron chi connectivity index (χ0n) is 11.8. The van der Waals surface area contributed by atoms with Gasteiger partial charge < -0.3 is 5.32 Å². The largest absolute Gasteiger partial charge is 0.376 e. The topological polar surface area (TPSA) is 46.9 Å². The third kappa shape index (κ3) is 3.10. The molecule has 1 heterocycles. The summed E-state index contributed by atoms with van der Waals surface area (Å²) in [5.74, 6) is 0.383. The van der Waals surface area contributed by atoms with Gasteiger partial charge in [0.25, 0.3) is 5.56 Å². The van der Waals surface area contributed by atoms with E-state index in [0.29, 0.717) is 10.4 Å². The molecule has 0 aliphatic rings. The van der Waals surface area contributed by atoms with Crippen molar-refractivity contribution in [1.29, 1.82) is 0 Å². The number of nitrogens with zero attached hydrogens (tertiary/aromatic N) is 2. The first-order valence-corrected chi connectivity index (χ1v) is 7.33. The van der Waals surface area contributed by atoms with Crippen molar-refractivity contribution in [2.75, 3.05) is 5.32 Å². The molecule has 0 aliphatic heterocycles. The van der Waals surface area contributed by atoms with E-state index in [0.717, 1.165) is 5.69 Å². The highest BCUT2D eigenvalue weighted by molar-refractivity contribution is 9.10. The predicted molar refractivity (Wildman–Crippen MR) is 84.8 cm³/mol. The van der Waals surface area contributed by atoms with Crippen molar-refractivity contribution in [2.45, 2.75) is 19.9 Å². The zero-order valence-corrected chi connectivity index (χ0v) is 13.4. The Morgan fingerprint density at radius 3 is 2.50 bits per heavy atom. The Morgan fingerprint density at radius 1 is 1.25 bits per heavy atom. The van der Waals surface area contributed by atoms with Crippen molar-refractivity contribution in [3.63, 3.8) is 0 Å². The first kappa shape index (κ1) is 14.8. The average molecular weight is 336 g/mol. The molecule has 106 valence electrons. The van der Waals surface area contributed by atoms with Crippen molar-refractivity contribution in [3.05, 3.63) is 56.9 Å². The number of hydrogen-bond acceptors (Lipinski definition) is 3. The molecular formula is C15H18BrN3O. The Morgan fingerprint density at radius 2 is 1.90 bits per heavy atom. The molecule has 1 N–H and O–H groups in total. The van der Waals surface area contributed by atoms with Gasteiger partial charge in [-0.25, -0.2) is 4.68 Å². The molecule has 0 bridgehead atoms. The van der Waals surface area contributed by atoms with Crippen LogP contribution in [0.15, 0.2) is 45.8 Å². The number of aromatic nitrogens is 2. The second kappa shape index (κ2) is 6.22. The second-order valence-electron chi connectivity index (χ2n) is 5.08. The van der Waals surface area contributed by atoms with Crippen LogP contribution in [0, 0.1) is 5.92 Å². The minimum Gasteiger partial charge on any atom is -0.376 e. The summed E-state index contributed by atoms with van der Waals surface area (Å²) in [6.07, 6.45) is 1.67. The summed E-state index contributed by atoms with van der Waals surface area (Å²) in [6.45, 7) is 4.29. The fourth-order valence-corrected chi connectivity index (χ4v) is 2.55. The Labute approximate surface area is 127 Å². The van der Waals surface area contributed by atoms with Crippen LogP contribution in [-0.4, -0.2) is 9.78 Å². The first-order chi connectivity index (χ1) is 9.50. The number of anilines is 1. The summed E-state index contributed by atoms with van der Waals surface area (Å²) in [5.41, 5.74) is 1.76. The van der Waals surface area contributed by atoms with E-state index in [1.165, 1.54) is 10.2 Å². The molecule has 0 fully saturated rings. The number of hydrogen-bond donors (Lipinski definition) is 1. The molecule has 5 heteroatoms. The molecule has 0 amide bonds. The maximum Gasteiger partial charge on any atom is 0.282 e. The maximum atomic E-state index is 11.9. The monoisotopic (exact) mass is 335 g/mol. The molecule has 0 saturated carbocycles. The van der Waals surface area contributed by atoms with Gasteiger partial charge in [0.15, 0.2) is 0 Å². The van der Waals surface area contributed by atoms with Crippen molar-refractivity contribution in [1.82, 2.24) is 9.78 Å². The highest BCUT2D eigenvalue weighted by Crippen LogP contribution is 2.28. The SMILES string of the molecule is CC(C)C(Nc1cnn(C)c(=O)c1Br)c1ccccc1. The maximum absolute atomic E-state index is 11.9. The third-order valence-corrected chi connectivity index (χ3v) is 3.98. The zero-order chi connectivity index (χ0) is 14.7. The van der Waals surface area contributed by atoms with Gasteiger partial charge in [-0.1, -0.05) is 44.2 Å². The van der Waals surface area contributed by atoms with Crippen LogP contribution in [0.1, 0.15) is 25.5 Å². The molecule has 2 rings (SSSR count). The van der Waals surface area contributed by atoms with Gasteiger partial charge in [0, 0.05) is 7.05 Å². The van der Waals surface area contributed by atoms with Gasteiger partial charge in [-0.15, -0.1) is 0 Å². The summed E-state index contributed by atoms with van der Waals surface area (Å²) < 4.78 is 1.82. The minimum atomic E-state index is -0.148. The van der Waals surface area contributed by atoms with Gasteiger partial charge in [-0.2, -0.15) is 5.10 Å². The smallest absolute Gasteiger partial charge is 0.282 e. The van der Waals surface area contributed by atoms with Crippen LogP contribution in [0.4, 0.5) is 5.69 Å². The lowest BCUT2D eigenvalue weighted by Gasteiger charge is -2.24. The first-order valence-electron chi connectivity index (χ1n) is 6.54. The molecule has 1 aromatic heterocycles. The van der Waals surface area contributed by atoms with E-state index in [1.807, 2.05) is 18.2 Å². The summed E-state index contributed by atoms with van der Waals surface area (Å²) in [4.78, 5) is 11.9. The van der Waals surface area contributed by atoms with Gasteiger partial charge in [0.1, 0.15) is 4.47 Å². The fraction of sp³-hybridized carbons (Fsp3) is 0.333. The van der Waals surface area contributed by atoms with Crippen LogP contribution in [-0.2, 0) is 7.05 Å². The number of nitrogens with one attached hydrogen (secondary N) is 1. The van der Waals surface area contributed by atoms with E-state index >= 15 is 0 Å². The molecule has 2 aromatic rings. The van der Waals surface area contributed by atoms with E-state index in [2.05, 4.69) is 52.3 Å². The Bertz CT molecular complexity index is 637. The van der Waals surface area contributed by atoms with Crippen LogP contribution >= 0.6 is 15.9 Å². The Hall–Kier alpha value is -1.62. The van der Waals surface area contributed by atoms with Gasteiger partial charge in [-0.05, 0) is 27.4 Å². The molecule has 0 aliphatic carbocycles. The fourth-order valence-electron chi connectivity index (χ4n) is 2.07. The summed E-state index contributed by atoms with van der Waals surface area (Å²) in [6, 6.07) is 10.3. The van der Waals surface area contributed by atoms with Crippen molar-refractivity contribution >= 4 is 21.6 Å². The van der Waals surface area contributed by atoms with Gasteiger partial charge in [0.05, 0.1) is 17.9 Å². The highest BCUT2D eigenvalue weighted by Gasteiger charge is 2.17. The highest BCUT2D eigenvalue weighted by atomic mass is 79.9. The third-order valence-electron chi connectivity index (χ3n) is 3.21. The summed E-state index contributed by atoms with van der Waals surface area (Å²) >= 11 is 3.35. The standard InChI is InChI=1S/C15H18BrN3O/c1-10(2)14(11-7-5-4-6-8-11)18-12-9-17-19(3)15(20)13(12)16/h4-10,14,18H,1-3H3. The summed E-state index contributed by atoms with van der Waals surface area (Å²) in [7, 11) is 1.63. The number of benzene rings is 1. The van der Waals surface area contributed by atoms with E-state index in [4.69, 9.17) is 0 Å². The number of rotatable bonds is 4. The van der Waals surface area contributed by atoms with Crippen LogP contribution in [0.2, 0.25) is 0 Å². The molecule has 0 radical (unpaired) electrons. The number of aryl methyl sites for hydroxylation is 1. The second-order valence-corrected chi connectivity index (χ2v) is 5.87. The quantitative estimate of drug-likeness (QED) is 0.931. The van der Waals surface area contributed by atoms with Crippen molar-refractivity contribution < 1.29 is 0 Å². The lowest BCUT2D eigenvalue weighted by atomic mass is 9.96. The van der Waals surface area contributed by atoms with Gasteiger partial charge >= 0.3 is 0 Å². The molecule has 20 heavy (non-hydrogen) atoms. The predicted octanol–water partition coefficient (Wildman–Crippen LogP) is 3.35. The molecule has 1 aromatic carbocycles. The van der Waals surface area contributed by atoms with Crippen LogP contribution in [0.3, 0.4) is 0 Å². The van der Waals surface area contributed by atoms with E-state index < -0.39 is 0 Å². The Balaban J connectivity index is 2.35. The van der Waals surface area contributed by atoms with E-state index in [1.54, 1.807) is 13.2 Å².